The molecule has 244 valence electrons. The van der Waals surface area contributed by atoms with E-state index in [1.807, 2.05) is 32.2 Å². The van der Waals surface area contributed by atoms with Crippen LogP contribution in [0.5, 0.6) is 5.75 Å². The van der Waals surface area contributed by atoms with Crippen LogP contribution in [0.1, 0.15) is 67.4 Å². The molecule has 1 spiro atoms. The second kappa shape index (κ2) is 12.5. The minimum atomic E-state index is -3.92. The molecule has 2 aromatic carbocycles. The maximum Gasteiger partial charge on any atom is 0.264 e. The molecule has 6 atom stereocenters. The van der Waals surface area contributed by atoms with Crippen LogP contribution in [0.2, 0.25) is 5.02 Å². The SMILES string of the molecule is CNC[C@]1(OC)/C=C\C[C@H](C)[C@@H](C)S(=O)(=O)NC(=O)c2ccc3c(c2)N(C[C@@H]2CC[C@H]21)C[C@@]1(CCCc2cc(Cl)ccc21)CO3. The minimum Gasteiger partial charge on any atom is -0.490 e. The molecule has 6 rings (SSSR count). The molecule has 2 bridgehead atoms. The summed E-state index contributed by atoms with van der Waals surface area (Å²) < 4.78 is 42.0. The van der Waals surface area contributed by atoms with Gasteiger partial charge in [0.1, 0.15) is 11.4 Å². The Hall–Kier alpha value is -2.59. The number of rotatable bonds is 3. The summed E-state index contributed by atoms with van der Waals surface area (Å²) in [6, 6.07) is 11.5. The number of nitrogens with one attached hydrogen (secondary N) is 2. The highest BCUT2D eigenvalue weighted by Crippen LogP contribution is 2.49. The first kappa shape index (κ1) is 32.4. The maximum atomic E-state index is 13.5. The number of sulfonamides is 1. The van der Waals surface area contributed by atoms with E-state index < -0.39 is 26.8 Å². The number of allylic oxidation sites excluding steroid dienone is 1. The van der Waals surface area contributed by atoms with Crippen molar-refractivity contribution >= 4 is 33.2 Å². The summed E-state index contributed by atoms with van der Waals surface area (Å²) in [7, 11) is -0.197. The van der Waals surface area contributed by atoms with E-state index in [-0.39, 0.29) is 17.3 Å². The van der Waals surface area contributed by atoms with Gasteiger partial charge in [-0.1, -0.05) is 36.7 Å². The highest BCUT2D eigenvalue weighted by Gasteiger charge is 2.49. The van der Waals surface area contributed by atoms with E-state index in [1.165, 1.54) is 11.1 Å². The smallest absolute Gasteiger partial charge is 0.264 e. The lowest BCUT2D eigenvalue weighted by molar-refractivity contribution is -0.0723. The van der Waals surface area contributed by atoms with Gasteiger partial charge in [0, 0.05) is 42.7 Å². The molecule has 2 heterocycles. The van der Waals surface area contributed by atoms with Crippen molar-refractivity contribution in [2.24, 2.45) is 17.8 Å². The molecule has 45 heavy (non-hydrogen) atoms. The number of nitrogens with zero attached hydrogens (tertiary/aromatic N) is 1. The highest BCUT2D eigenvalue weighted by molar-refractivity contribution is 7.90. The van der Waals surface area contributed by atoms with Gasteiger partial charge in [-0.3, -0.25) is 4.79 Å². The Morgan fingerprint density at radius 2 is 2.00 bits per heavy atom. The molecule has 0 radical (unpaired) electrons. The lowest BCUT2D eigenvalue weighted by Gasteiger charge is -2.50. The quantitative estimate of drug-likeness (QED) is 0.423. The van der Waals surface area contributed by atoms with Crippen LogP contribution >= 0.6 is 11.6 Å². The number of anilines is 1. The van der Waals surface area contributed by atoms with Crippen molar-refractivity contribution in [1.82, 2.24) is 10.0 Å². The third kappa shape index (κ3) is 6.01. The Morgan fingerprint density at radius 3 is 2.73 bits per heavy atom. The Labute approximate surface area is 272 Å². The summed E-state index contributed by atoms with van der Waals surface area (Å²) in [4.78, 5) is 15.9. The zero-order valence-electron chi connectivity index (χ0n) is 26.8. The van der Waals surface area contributed by atoms with Gasteiger partial charge in [0.05, 0.1) is 17.5 Å². The molecule has 0 aromatic heterocycles. The average molecular weight is 656 g/mol. The Bertz CT molecular complexity index is 1580. The first-order chi connectivity index (χ1) is 21.5. The molecule has 10 heteroatoms. The largest absolute Gasteiger partial charge is 0.490 e. The lowest BCUT2D eigenvalue weighted by atomic mass is 9.63. The number of likely N-dealkylation sites (N-methyl/N-ethyl adjacent to an activating group) is 1. The number of methoxy groups -OCH3 is 1. The van der Waals surface area contributed by atoms with Crippen molar-refractivity contribution in [1.29, 1.82) is 0 Å². The van der Waals surface area contributed by atoms with Gasteiger partial charge in [-0.2, -0.15) is 0 Å². The van der Waals surface area contributed by atoms with E-state index in [1.54, 1.807) is 20.1 Å². The van der Waals surface area contributed by atoms with Crippen molar-refractivity contribution < 1.29 is 22.7 Å². The number of fused-ring (bicyclic) bond motifs is 4. The number of hydrogen-bond donors (Lipinski definition) is 2. The van der Waals surface area contributed by atoms with Crippen molar-refractivity contribution in [3.05, 3.63) is 70.3 Å². The van der Waals surface area contributed by atoms with E-state index >= 15 is 0 Å². The van der Waals surface area contributed by atoms with Crippen LogP contribution in [-0.4, -0.2) is 65.6 Å². The molecule has 2 aromatic rings. The van der Waals surface area contributed by atoms with Gasteiger partial charge in [0.2, 0.25) is 10.0 Å². The van der Waals surface area contributed by atoms with Crippen molar-refractivity contribution in [2.75, 3.05) is 45.3 Å². The number of ether oxygens (including phenoxy) is 2. The number of benzene rings is 2. The molecule has 1 saturated carbocycles. The predicted octanol–water partition coefficient (Wildman–Crippen LogP) is 5.49. The van der Waals surface area contributed by atoms with Gasteiger partial charge in [0.25, 0.3) is 5.91 Å². The number of hydrogen-bond acceptors (Lipinski definition) is 7. The first-order valence-electron chi connectivity index (χ1n) is 16.2. The van der Waals surface area contributed by atoms with Gasteiger partial charge in [-0.15, -0.1) is 0 Å². The fourth-order valence-electron chi connectivity index (χ4n) is 8.11. The topological polar surface area (TPSA) is 97.0 Å². The standard InChI is InChI=1S/C35H46ClN3O5S/c1-23-7-5-16-35(43-4,20-37-3)30-12-9-27(30)19-39-21-34(15-6-8-25-17-28(36)11-13-29(25)34)22-44-32-14-10-26(18-31(32)39)33(40)38-45(41,42)24(23)2/h5,10-11,13-14,16-18,23-24,27,30,37H,6-9,12,15,19-22H2,1-4H3,(H,38,40)/b16-5-/t23-,24+,27-,30+,34-,35+/m0/s1. The molecule has 1 fully saturated rings. The van der Waals surface area contributed by atoms with Crippen LogP contribution in [0.4, 0.5) is 5.69 Å². The van der Waals surface area contributed by atoms with E-state index in [0.717, 1.165) is 55.9 Å². The number of aryl methyl sites for hydroxylation is 1. The van der Waals surface area contributed by atoms with Crippen molar-refractivity contribution in [2.45, 2.75) is 68.6 Å². The van der Waals surface area contributed by atoms with Gasteiger partial charge in [0.15, 0.2) is 0 Å². The average Bonchev–Trinajstić information content (AvgIpc) is 3.15. The van der Waals surface area contributed by atoms with Crippen LogP contribution in [0.25, 0.3) is 0 Å². The Balaban J connectivity index is 1.46. The second-order valence-corrected chi connectivity index (χ2v) is 16.2. The van der Waals surface area contributed by atoms with Crippen LogP contribution in [-0.2, 0) is 26.6 Å². The third-order valence-electron chi connectivity index (χ3n) is 11.1. The van der Waals surface area contributed by atoms with Crippen LogP contribution in [0.15, 0.2) is 48.6 Å². The molecule has 4 aliphatic rings. The summed E-state index contributed by atoms with van der Waals surface area (Å²) in [5, 5.41) is 3.34. The molecular weight excluding hydrogens is 610 g/mol. The second-order valence-electron chi connectivity index (χ2n) is 13.7. The first-order valence-corrected chi connectivity index (χ1v) is 18.2. The van der Waals surface area contributed by atoms with Crippen molar-refractivity contribution in [3.8, 4) is 5.75 Å². The molecular formula is C35H46ClN3O5S. The van der Waals surface area contributed by atoms with E-state index in [0.29, 0.717) is 36.8 Å². The van der Waals surface area contributed by atoms with Crippen molar-refractivity contribution in [3.63, 3.8) is 0 Å². The highest BCUT2D eigenvalue weighted by atomic mass is 35.5. The molecule has 2 N–H and O–H groups in total. The fourth-order valence-corrected chi connectivity index (χ4v) is 9.59. The maximum absolute atomic E-state index is 13.5. The van der Waals surface area contributed by atoms with E-state index in [2.05, 4.69) is 39.2 Å². The predicted molar refractivity (Wildman–Crippen MR) is 179 cm³/mol. The van der Waals surface area contributed by atoms with Crippen LogP contribution in [0, 0.1) is 17.8 Å². The van der Waals surface area contributed by atoms with E-state index in [4.69, 9.17) is 21.1 Å². The van der Waals surface area contributed by atoms with E-state index in [9.17, 15) is 13.2 Å². The van der Waals surface area contributed by atoms with Gasteiger partial charge in [-0.05, 0) is 112 Å². The fraction of sp³-hybridized carbons (Fsp3) is 0.571. The monoisotopic (exact) mass is 655 g/mol. The zero-order valence-corrected chi connectivity index (χ0v) is 28.3. The summed E-state index contributed by atoms with van der Waals surface area (Å²) in [5.41, 5.74) is 2.90. The molecule has 0 saturated heterocycles. The normalized spacial score (nSPS) is 33.5. The number of carbonyl (C=O) groups excluding carboxylic acids is 1. The molecule has 2 aliphatic heterocycles. The summed E-state index contributed by atoms with van der Waals surface area (Å²) in [6.07, 6.45) is 9.89. The number of carbonyl (C=O) groups is 1. The Kier molecular flexibility index (Phi) is 9.02. The number of amides is 1. The minimum absolute atomic E-state index is 0.207. The van der Waals surface area contributed by atoms with Gasteiger partial charge in [-0.25, -0.2) is 13.1 Å². The Morgan fingerprint density at radius 1 is 1.18 bits per heavy atom. The number of halogens is 1. The molecule has 0 unspecified atom stereocenters. The third-order valence-corrected chi connectivity index (χ3v) is 13.2. The summed E-state index contributed by atoms with van der Waals surface area (Å²) in [6.45, 7) is 6.23. The molecule has 8 nitrogen and oxygen atoms in total. The summed E-state index contributed by atoms with van der Waals surface area (Å²) in [5.74, 6) is 0.495. The van der Waals surface area contributed by atoms with Crippen LogP contribution < -0.4 is 19.7 Å². The molecule has 1 amide bonds. The van der Waals surface area contributed by atoms with Crippen LogP contribution in [0.3, 0.4) is 0 Å². The summed E-state index contributed by atoms with van der Waals surface area (Å²) >= 11 is 6.44. The van der Waals surface area contributed by atoms with Gasteiger partial charge >= 0.3 is 0 Å². The molecule has 2 aliphatic carbocycles. The zero-order chi connectivity index (χ0) is 32.0. The van der Waals surface area contributed by atoms with Gasteiger partial charge < -0.3 is 19.7 Å². The lowest BCUT2D eigenvalue weighted by Crippen LogP contribution is -2.56.